The molecule has 0 saturated carbocycles. The highest BCUT2D eigenvalue weighted by molar-refractivity contribution is 5.88. The van der Waals surface area contributed by atoms with Gasteiger partial charge in [-0.1, -0.05) is 30.3 Å². The molecular weight excluding hydrogens is 306 g/mol. The molecule has 0 unspecified atom stereocenters. The third kappa shape index (κ3) is 3.52. The van der Waals surface area contributed by atoms with E-state index in [9.17, 15) is 9.90 Å². The Morgan fingerprint density at radius 3 is 2.58 bits per heavy atom. The number of furan rings is 1. The Morgan fingerprint density at radius 2 is 1.92 bits per heavy atom. The van der Waals surface area contributed by atoms with Crippen molar-refractivity contribution in [3.05, 3.63) is 60.1 Å². The minimum Gasteiger partial charge on any atom is -0.467 e. The summed E-state index contributed by atoms with van der Waals surface area (Å²) < 4.78 is 10.6. The van der Waals surface area contributed by atoms with E-state index in [-0.39, 0.29) is 5.91 Å². The van der Waals surface area contributed by atoms with Crippen molar-refractivity contribution in [1.29, 1.82) is 0 Å². The van der Waals surface area contributed by atoms with E-state index in [4.69, 9.17) is 9.15 Å². The Hall–Kier alpha value is -2.11. The first kappa shape index (κ1) is 16.7. The molecule has 2 aromatic rings. The van der Waals surface area contributed by atoms with E-state index >= 15 is 0 Å². The maximum Gasteiger partial charge on any atom is 0.230 e. The number of rotatable bonds is 6. The van der Waals surface area contributed by atoms with Crippen molar-refractivity contribution in [2.45, 2.75) is 30.8 Å². The van der Waals surface area contributed by atoms with Crippen LogP contribution in [0.5, 0.6) is 0 Å². The van der Waals surface area contributed by atoms with Gasteiger partial charge in [-0.15, -0.1) is 0 Å². The lowest BCUT2D eigenvalue weighted by Gasteiger charge is -2.36. The summed E-state index contributed by atoms with van der Waals surface area (Å²) in [5.74, 6) is 0.525. The summed E-state index contributed by atoms with van der Waals surface area (Å²) in [5, 5.41) is 13.0. The summed E-state index contributed by atoms with van der Waals surface area (Å²) in [7, 11) is 0. The number of ether oxygens (including phenoxy) is 1. The van der Waals surface area contributed by atoms with Crippen molar-refractivity contribution in [2.75, 3.05) is 19.8 Å². The van der Waals surface area contributed by atoms with Crippen LogP contribution in [0.15, 0.2) is 53.1 Å². The van der Waals surface area contributed by atoms with E-state index in [1.807, 2.05) is 30.3 Å². The van der Waals surface area contributed by atoms with Crippen LogP contribution in [0.1, 0.15) is 36.7 Å². The van der Waals surface area contributed by atoms with Crippen LogP contribution in [0.25, 0.3) is 0 Å². The lowest BCUT2D eigenvalue weighted by atomic mass is 9.73. The molecule has 2 heterocycles. The highest BCUT2D eigenvalue weighted by Crippen LogP contribution is 2.35. The third-order valence-corrected chi connectivity index (χ3v) is 4.68. The largest absolute Gasteiger partial charge is 0.467 e. The number of nitrogens with one attached hydrogen (secondary N) is 1. The molecule has 2 N–H and O–H groups in total. The number of aliphatic hydroxyl groups is 1. The fourth-order valence-electron chi connectivity index (χ4n) is 3.24. The molecule has 1 aromatic carbocycles. The lowest BCUT2D eigenvalue weighted by molar-refractivity contribution is -0.130. The van der Waals surface area contributed by atoms with Gasteiger partial charge in [0.15, 0.2) is 0 Å². The molecule has 5 heteroatoms. The van der Waals surface area contributed by atoms with Crippen LogP contribution in [-0.4, -0.2) is 30.8 Å². The number of benzene rings is 1. The summed E-state index contributed by atoms with van der Waals surface area (Å²) in [4.78, 5) is 12.9. The number of hydrogen-bond acceptors (Lipinski definition) is 4. The molecule has 1 aromatic heterocycles. The van der Waals surface area contributed by atoms with Gasteiger partial charge in [-0.2, -0.15) is 0 Å². The van der Waals surface area contributed by atoms with Gasteiger partial charge in [0.2, 0.25) is 5.91 Å². The molecule has 3 rings (SSSR count). The van der Waals surface area contributed by atoms with Crippen LogP contribution >= 0.6 is 0 Å². The average molecular weight is 329 g/mol. The fourth-order valence-corrected chi connectivity index (χ4v) is 3.24. The summed E-state index contributed by atoms with van der Waals surface area (Å²) in [6.45, 7) is 1.56. The second-order valence-electron chi connectivity index (χ2n) is 6.14. The van der Waals surface area contributed by atoms with Gasteiger partial charge in [-0.25, -0.2) is 0 Å². The molecule has 1 fully saturated rings. The van der Waals surface area contributed by atoms with Gasteiger partial charge >= 0.3 is 0 Å². The van der Waals surface area contributed by atoms with Crippen molar-refractivity contribution in [3.63, 3.8) is 0 Å². The molecule has 0 radical (unpaired) electrons. The summed E-state index contributed by atoms with van der Waals surface area (Å²) in [6.07, 6.45) is 2.58. The normalized spacial score (nSPS) is 18.0. The lowest BCUT2D eigenvalue weighted by Crippen LogP contribution is -2.48. The van der Waals surface area contributed by atoms with E-state index in [2.05, 4.69) is 5.32 Å². The average Bonchev–Trinajstić information content (AvgIpc) is 3.17. The predicted molar refractivity (Wildman–Crippen MR) is 89.5 cm³/mol. The van der Waals surface area contributed by atoms with Crippen molar-refractivity contribution < 1.29 is 19.1 Å². The van der Waals surface area contributed by atoms with Crippen LogP contribution in [0, 0.1) is 0 Å². The van der Waals surface area contributed by atoms with Crippen molar-refractivity contribution in [1.82, 2.24) is 5.32 Å². The first-order chi connectivity index (χ1) is 11.7. The second-order valence-corrected chi connectivity index (χ2v) is 6.14. The summed E-state index contributed by atoms with van der Waals surface area (Å²) in [6, 6.07) is 13.3. The van der Waals surface area contributed by atoms with Gasteiger partial charge in [-0.05, 0) is 37.0 Å². The number of hydrogen-bond donors (Lipinski definition) is 2. The second kappa shape index (κ2) is 7.64. The Labute approximate surface area is 141 Å². The fraction of sp³-hybridized carbons (Fsp3) is 0.421. The van der Waals surface area contributed by atoms with E-state index < -0.39 is 11.5 Å². The molecule has 24 heavy (non-hydrogen) atoms. The van der Waals surface area contributed by atoms with E-state index in [1.54, 1.807) is 12.1 Å². The van der Waals surface area contributed by atoms with Crippen molar-refractivity contribution >= 4 is 5.91 Å². The van der Waals surface area contributed by atoms with E-state index in [1.165, 1.54) is 6.26 Å². The smallest absolute Gasteiger partial charge is 0.230 e. The predicted octanol–water partition coefficient (Wildman–Crippen LogP) is 2.57. The zero-order chi connectivity index (χ0) is 16.8. The van der Waals surface area contributed by atoms with Gasteiger partial charge < -0.3 is 19.6 Å². The van der Waals surface area contributed by atoms with Gasteiger partial charge in [0, 0.05) is 19.8 Å². The quantitative estimate of drug-likeness (QED) is 0.854. The molecule has 1 aliphatic heterocycles. The minimum atomic E-state index is -0.706. The van der Waals surface area contributed by atoms with Crippen LogP contribution in [-0.2, 0) is 14.9 Å². The van der Waals surface area contributed by atoms with Crippen molar-refractivity contribution in [3.8, 4) is 0 Å². The SMILES string of the molecule is O=C(NCC[C@H](O)c1ccco1)C1(c2ccccc2)CCOCC1. The van der Waals surface area contributed by atoms with Gasteiger partial charge in [0.1, 0.15) is 11.9 Å². The number of aliphatic hydroxyl groups excluding tert-OH is 1. The first-order valence-electron chi connectivity index (χ1n) is 8.35. The summed E-state index contributed by atoms with van der Waals surface area (Å²) >= 11 is 0. The zero-order valence-electron chi connectivity index (χ0n) is 13.6. The molecule has 1 saturated heterocycles. The highest BCUT2D eigenvalue weighted by Gasteiger charge is 2.41. The monoisotopic (exact) mass is 329 g/mol. The molecule has 0 spiro atoms. The van der Waals surface area contributed by atoms with Crippen molar-refractivity contribution in [2.24, 2.45) is 0 Å². The van der Waals surface area contributed by atoms with E-state index in [0.717, 1.165) is 5.56 Å². The third-order valence-electron chi connectivity index (χ3n) is 4.68. The number of carbonyl (C=O) groups is 1. The molecule has 1 atom stereocenters. The van der Waals surface area contributed by atoms with Gasteiger partial charge in [0.25, 0.3) is 0 Å². The van der Waals surface area contributed by atoms with Crippen LogP contribution in [0.3, 0.4) is 0 Å². The number of carbonyl (C=O) groups excluding carboxylic acids is 1. The van der Waals surface area contributed by atoms with Crippen LogP contribution < -0.4 is 5.32 Å². The van der Waals surface area contributed by atoms with Gasteiger partial charge in [0.05, 0.1) is 11.7 Å². The molecule has 0 aliphatic carbocycles. The number of amides is 1. The first-order valence-corrected chi connectivity index (χ1v) is 8.35. The Kier molecular flexibility index (Phi) is 5.33. The topological polar surface area (TPSA) is 71.7 Å². The molecular formula is C19H23NO4. The standard InChI is InChI=1S/C19H23NO4/c21-16(17-7-4-12-24-17)8-11-20-18(22)19(9-13-23-14-10-19)15-5-2-1-3-6-15/h1-7,12,16,21H,8-11,13-14H2,(H,20,22)/t16-/m0/s1. The highest BCUT2D eigenvalue weighted by atomic mass is 16.5. The Bertz CT molecular complexity index is 633. The Morgan fingerprint density at radius 1 is 1.17 bits per heavy atom. The maximum atomic E-state index is 12.9. The molecule has 128 valence electrons. The van der Waals surface area contributed by atoms with Crippen LogP contribution in [0.2, 0.25) is 0 Å². The Balaban J connectivity index is 1.64. The maximum absolute atomic E-state index is 12.9. The summed E-state index contributed by atoms with van der Waals surface area (Å²) in [5.41, 5.74) is 0.479. The molecule has 1 amide bonds. The zero-order valence-corrected chi connectivity index (χ0v) is 13.6. The molecule has 1 aliphatic rings. The van der Waals surface area contributed by atoms with E-state index in [0.29, 0.717) is 44.8 Å². The van der Waals surface area contributed by atoms with Gasteiger partial charge in [-0.3, -0.25) is 4.79 Å². The van der Waals surface area contributed by atoms with Crippen LogP contribution in [0.4, 0.5) is 0 Å². The molecule has 0 bridgehead atoms. The minimum absolute atomic E-state index is 0.00337. The molecule has 5 nitrogen and oxygen atoms in total.